The summed E-state index contributed by atoms with van der Waals surface area (Å²) in [7, 11) is 0. The van der Waals surface area contributed by atoms with Crippen LogP contribution in [-0.4, -0.2) is 21.9 Å². The summed E-state index contributed by atoms with van der Waals surface area (Å²) in [5.41, 5.74) is 0.698. The molecule has 0 N–H and O–H groups in total. The number of para-hydroxylation sites is 1. The van der Waals surface area contributed by atoms with E-state index in [0.717, 1.165) is 0 Å². The number of carbonyl (C=O) groups excluding carboxylic acids is 2. The summed E-state index contributed by atoms with van der Waals surface area (Å²) < 4.78 is 5.21. The quantitative estimate of drug-likeness (QED) is 0.782. The van der Waals surface area contributed by atoms with Crippen molar-refractivity contribution in [3.8, 4) is 0 Å². The number of ketones is 1. The zero-order chi connectivity index (χ0) is 13.6. The van der Waals surface area contributed by atoms with Crippen LogP contribution in [0.1, 0.15) is 22.1 Å². The molecule has 0 saturated carbocycles. The average molecular weight is 278 g/mol. The van der Waals surface area contributed by atoms with Crippen LogP contribution in [0, 0.1) is 6.92 Å². The van der Waals surface area contributed by atoms with Gasteiger partial charge in [-0.25, -0.2) is 0 Å². The lowest BCUT2D eigenvalue weighted by Crippen LogP contribution is -2.29. The van der Waals surface area contributed by atoms with Crippen molar-refractivity contribution in [3.63, 3.8) is 0 Å². The zero-order valence-electron chi connectivity index (χ0n) is 9.88. The summed E-state index contributed by atoms with van der Waals surface area (Å²) in [6.45, 7) is 1.68. The van der Waals surface area contributed by atoms with Crippen molar-refractivity contribution < 1.29 is 14.0 Å². The number of fused-ring (bicyclic) bond motifs is 1. The van der Waals surface area contributed by atoms with Gasteiger partial charge in [0.15, 0.2) is 0 Å². The monoisotopic (exact) mass is 277 g/mol. The van der Waals surface area contributed by atoms with Crippen molar-refractivity contribution in [3.05, 3.63) is 40.6 Å². The number of hydrogen-bond acceptors (Lipinski definition) is 5. The van der Waals surface area contributed by atoms with Gasteiger partial charge < -0.3 is 4.42 Å². The minimum Gasteiger partial charge on any atom is -0.424 e. The molecule has 0 spiro atoms. The van der Waals surface area contributed by atoms with Crippen LogP contribution < -0.4 is 4.90 Å². The van der Waals surface area contributed by atoms with Crippen molar-refractivity contribution in [1.82, 2.24) is 10.2 Å². The fourth-order valence-electron chi connectivity index (χ4n) is 2.00. The number of carbonyl (C=O) groups is 2. The van der Waals surface area contributed by atoms with Crippen LogP contribution in [0.4, 0.5) is 5.69 Å². The van der Waals surface area contributed by atoms with E-state index in [1.165, 1.54) is 4.90 Å². The van der Waals surface area contributed by atoms with Gasteiger partial charge in [-0.1, -0.05) is 17.7 Å². The second kappa shape index (κ2) is 4.17. The number of amides is 1. The molecule has 0 bridgehead atoms. The first-order valence-electron chi connectivity index (χ1n) is 5.51. The van der Waals surface area contributed by atoms with Crippen molar-refractivity contribution in [1.29, 1.82) is 0 Å². The second-order valence-electron chi connectivity index (χ2n) is 4.07. The van der Waals surface area contributed by atoms with Crippen LogP contribution in [0.2, 0.25) is 5.02 Å². The molecule has 19 heavy (non-hydrogen) atoms. The van der Waals surface area contributed by atoms with E-state index in [1.807, 2.05) is 0 Å². The van der Waals surface area contributed by atoms with Crippen molar-refractivity contribution in [2.24, 2.45) is 0 Å². The molecule has 1 aliphatic heterocycles. The van der Waals surface area contributed by atoms with Crippen LogP contribution in [0.25, 0.3) is 0 Å². The van der Waals surface area contributed by atoms with E-state index in [4.69, 9.17) is 16.0 Å². The molecule has 2 aromatic rings. The first-order chi connectivity index (χ1) is 9.08. The van der Waals surface area contributed by atoms with E-state index in [-0.39, 0.29) is 12.4 Å². The van der Waals surface area contributed by atoms with Gasteiger partial charge in [-0.2, -0.15) is 0 Å². The van der Waals surface area contributed by atoms with Crippen LogP contribution in [-0.2, 0) is 11.3 Å². The lowest BCUT2D eigenvalue weighted by atomic mass is 10.1. The van der Waals surface area contributed by atoms with Crippen LogP contribution >= 0.6 is 11.6 Å². The summed E-state index contributed by atoms with van der Waals surface area (Å²) in [5, 5.41) is 7.83. The predicted molar refractivity (Wildman–Crippen MR) is 66.0 cm³/mol. The number of Topliss-reactive ketones (excluding diaryl/α,β-unsaturated/α-hetero) is 1. The standard InChI is InChI=1S/C12H8ClN3O3/c1-6-14-15-9(19-6)5-16-10-7(11(17)12(16)18)3-2-4-8(10)13/h2-4H,5H2,1H3. The second-order valence-corrected chi connectivity index (χ2v) is 4.48. The molecule has 0 radical (unpaired) electrons. The van der Waals surface area contributed by atoms with Gasteiger partial charge in [0.2, 0.25) is 11.8 Å². The maximum absolute atomic E-state index is 12.0. The van der Waals surface area contributed by atoms with E-state index in [9.17, 15) is 9.59 Å². The maximum Gasteiger partial charge on any atom is 0.300 e. The number of benzene rings is 1. The van der Waals surface area contributed by atoms with Gasteiger partial charge in [0, 0.05) is 6.92 Å². The molecule has 6 nitrogen and oxygen atoms in total. The Morgan fingerprint density at radius 3 is 2.79 bits per heavy atom. The minimum atomic E-state index is -0.640. The molecule has 0 unspecified atom stereocenters. The molecule has 0 saturated heterocycles. The summed E-state index contributed by atoms with van der Waals surface area (Å²) in [6.07, 6.45) is 0. The molecule has 96 valence electrons. The lowest BCUT2D eigenvalue weighted by Gasteiger charge is -2.14. The summed E-state index contributed by atoms with van der Waals surface area (Å²) >= 11 is 6.05. The minimum absolute atomic E-state index is 0.0299. The number of halogens is 1. The molecule has 0 atom stereocenters. The number of anilines is 1. The lowest BCUT2D eigenvalue weighted by molar-refractivity contribution is -0.114. The summed E-state index contributed by atoms with van der Waals surface area (Å²) in [4.78, 5) is 25.0. The molecule has 7 heteroatoms. The van der Waals surface area contributed by atoms with E-state index in [2.05, 4.69) is 10.2 Å². The smallest absolute Gasteiger partial charge is 0.300 e. The molecule has 1 aromatic carbocycles. The highest BCUT2D eigenvalue weighted by Gasteiger charge is 2.38. The number of aryl methyl sites for hydroxylation is 1. The Morgan fingerprint density at radius 2 is 2.11 bits per heavy atom. The van der Waals surface area contributed by atoms with Crippen LogP contribution in [0.5, 0.6) is 0 Å². The number of hydrogen-bond donors (Lipinski definition) is 0. The van der Waals surface area contributed by atoms with Gasteiger partial charge in [-0.15, -0.1) is 10.2 Å². The first-order valence-corrected chi connectivity index (χ1v) is 5.89. The Labute approximate surface area is 113 Å². The van der Waals surface area contributed by atoms with E-state index in [0.29, 0.717) is 22.2 Å². The Kier molecular flexibility index (Phi) is 2.60. The molecule has 0 aliphatic carbocycles. The van der Waals surface area contributed by atoms with Gasteiger partial charge in [-0.05, 0) is 12.1 Å². The third-order valence-corrected chi connectivity index (χ3v) is 3.11. The Balaban J connectivity index is 2.04. The molecule has 1 amide bonds. The molecule has 2 heterocycles. The number of nitrogens with zero attached hydrogens (tertiary/aromatic N) is 3. The third kappa shape index (κ3) is 1.80. The Bertz CT molecular complexity index is 695. The van der Waals surface area contributed by atoms with E-state index >= 15 is 0 Å². The third-order valence-electron chi connectivity index (χ3n) is 2.80. The number of rotatable bonds is 2. The van der Waals surface area contributed by atoms with Gasteiger partial charge >= 0.3 is 0 Å². The predicted octanol–water partition coefficient (Wildman–Crippen LogP) is 1.76. The van der Waals surface area contributed by atoms with Crippen molar-refractivity contribution in [2.45, 2.75) is 13.5 Å². The van der Waals surface area contributed by atoms with Crippen LogP contribution in [0.3, 0.4) is 0 Å². The Morgan fingerprint density at radius 1 is 1.32 bits per heavy atom. The van der Waals surface area contributed by atoms with E-state index < -0.39 is 11.7 Å². The first kappa shape index (κ1) is 11.9. The SMILES string of the molecule is Cc1nnc(CN2C(=O)C(=O)c3cccc(Cl)c32)o1. The van der Waals surface area contributed by atoms with Gasteiger partial charge in [0.05, 0.1) is 16.3 Å². The fourth-order valence-corrected chi connectivity index (χ4v) is 2.28. The van der Waals surface area contributed by atoms with Gasteiger partial charge in [-0.3, -0.25) is 14.5 Å². The van der Waals surface area contributed by atoms with Crippen molar-refractivity contribution >= 4 is 29.0 Å². The highest BCUT2D eigenvalue weighted by Crippen LogP contribution is 2.36. The fraction of sp³-hybridized carbons (Fsp3) is 0.167. The van der Waals surface area contributed by atoms with Gasteiger partial charge in [0.25, 0.3) is 11.7 Å². The molecule has 3 rings (SSSR count). The highest BCUT2D eigenvalue weighted by atomic mass is 35.5. The summed E-state index contributed by atoms with van der Waals surface area (Å²) in [5.74, 6) is -0.563. The molecule has 1 aromatic heterocycles. The normalized spacial score (nSPS) is 14.1. The van der Waals surface area contributed by atoms with Crippen molar-refractivity contribution in [2.75, 3.05) is 4.90 Å². The topological polar surface area (TPSA) is 76.3 Å². The molecule has 1 aliphatic rings. The summed E-state index contributed by atoms with van der Waals surface area (Å²) in [6, 6.07) is 4.82. The zero-order valence-corrected chi connectivity index (χ0v) is 10.6. The highest BCUT2D eigenvalue weighted by molar-refractivity contribution is 6.54. The average Bonchev–Trinajstić information content (AvgIpc) is 2.89. The number of aromatic nitrogens is 2. The molecular weight excluding hydrogens is 270 g/mol. The van der Waals surface area contributed by atoms with Gasteiger partial charge in [0.1, 0.15) is 6.54 Å². The molecular formula is C12H8ClN3O3. The van der Waals surface area contributed by atoms with Crippen LogP contribution in [0.15, 0.2) is 22.6 Å². The largest absolute Gasteiger partial charge is 0.424 e. The van der Waals surface area contributed by atoms with E-state index in [1.54, 1.807) is 25.1 Å². The Hall–Kier alpha value is -2.21. The molecule has 0 fully saturated rings. The maximum atomic E-state index is 12.0.